The zero-order valence-corrected chi connectivity index (χ0v) is 37.5. The highest BCUT2D eigenvalue weighted by Crippen LogP contribution is 2.41. The van der Waals surface area contributed by atoms with Gasteiger partial charge in [-0.2, -0.15) is 5.26 Å². The summed E-state index contributed by atoms with van der Waals surface area (Å²) in [5.41, 5.74) is 2.94. The molecule has 2 atom stereocenters. The molecule has 0 bridgehead atoms. The van der Waals surface area contributed by atoms with Gasteiger partial charge in [0.15, 0.2) is 5.82 Å². The number of hydrogen-bond donors (Lipinski definition) is 1. The molecule has 1 N–H and O–H groups in total. The summed E-state index contributed by atoms with van der Waals surface area (Å²) in [6, 6.07) is 10.1. The van der Waals surface area contributed by atoms with Gasteiger partial charge in [0.05, 0.1) is 30.7 Å². The Balaban J connectivity index is 0.817. The summed E-state index contributed by atoms with van der Waals surface area (Å²) in [5, 5.41) is 12.3. The number of nitrogens with zero attached hydrogens (tertiary/aromatic N) is 7. The minimum atomic E-state index is -0.744. The molecule has 0 radical (unpaired) electrons. The maximum Gasteiger partial charge on any atom is 0.255 e. The van der Waals surface area contributed by atoms with Crippen LogP contribution in [0.25, 0.3) is 22.0 Å². The van der Waals surface area contributed by atoms with E-state index in [4.69, 9.17) is 4.74 Å². The van der Waals surface area contributed by atoms with E-state index in [0.29, 0.717) is 54.1 Å². The average molecular weight is 905 g/mol. The molecule has 3 saturated heterocycles. The molecular weight excluding hydrogens is 850 g/mol. The van der Waals surface area contributed by atoms with Gasteiger partial charge in [-0.25, -0.2) is 23.1 Å². The van der Waals surface area contributed by atoms with Gasteiger partial charge in [0.1, 0.15) is 41.1 Å². The first kappa shape index (κ1) is 46.2. The second-order valence-corrected chi connectivity index (χ2v) is 18.0. The molecule has 4 aliphatic heterocycles. The van der Waals surface area contributed by atoms with E-state index >= 15 is 8.78 Å². The Hall–Kier alpha value is -6.34. The number of nitriles is 1. The monoisotopic (exact) mass is 904 g/mol. The number of aromatic nitrogens is 2. The van der Waals surface area contributed by atoms with E-state index in [1.165, 1.54) is 23.4 Å². The van der Waals surface area contributed by atoms with Gasteiger partial charge in [-0.3, -0.25) is 24.5 Å². The molecule has 346 valence electrons. The fraction of sp³-hybridized carbons (Fsp3) is 0.460. The highest BCUT2D eigenvalue weighted by Gasteiger charge is 2.41. The second kappa shape index (κ2) is 20.0. The third-order valence-electron chi connectivity index (χ3n) is 13.6. The van der Waals surface area contributed by atoms with Crippen LogP contribution in [0.2, 0.25) is 0 Å². The Morgan fingerprint density at radius 3 is 2.50 bits per heavy atom. The standard InChI is InChI=1S/C50H55F3N8O5/c1-30(2)49(64)60-22-21-59(27-34(60)14-17-54)47-37-24-31(3)43(45(53)46(37)55-29-56-47)44-39(52)10-9-11-41(44)66-23-8-6-4-5-7-18-58-19-15-32(16-20-58)35-25-33(51)26-36-38(35)28-61(50(36)65)40-12-13-42(62)57-48(40)63/h9-11,24-26,29,32,34,40H,1,4-8,12-16,18-23,27-28H2,2-3H3,(H,57,62,63). The fourth-order valence-corrected chi connectivity index (χ4v) is 10.2. The van der Waals surface area contributed by atoms with Crippen LogP contribution in [-0.4, -0.2) is 106 Å². The zero-order valence-electron chi connectivity index (χ0n) is 37.5. The number of amides is 4. The Bertz CT molecular complexity index is 2610. The predicted molar refractivity (Wildman–Crippen MR) is 242 cm³/mol. The third-order valence-corrected chi connectivity index (χ3v) is 13.6. The number of ether oxygens (including phenoxy) is 1. The number of carbonyl (C=O) groups is 4. The van der Waals surface area contributed by atoms with Gasteiger partial charge in [-0.1, -0.05) is 31.9 Å². The minimum absolute atomic E-state index is 0.0313. The summed E-state index contributed by atoms with van der Waals surface area (Å²) >= 11 is 0. The molecule has 8 rings (SSSR count). The fourth-order valence-electron chi connectivity index (χ4n) is 10.2. The van der Waals surface area contributed by atoms with Crippen LogP contribution in [0.5, 0.6) is 5.75 Å². The smallest absolute Gasteiger partial charge is 0.255 e. The van der Waals surface area contributed by atoms with Crippen LogP contribution in [0, 0.1) is 35.7 Å². The lowest BCUT2D eigenvalue weighted by Crippen LogP contribution is -2.55. The van der Waals surface area contributed by atoms with Gasteiger partial charge in [-0.15, -0.1) is 0 Å². The number of rotatable bonds is 15. The van der Waals surface area contributed by atoms with Gasteiger partial charge in [0.25, 0.3) is 5.91 Å². The summed E-state index contributed by atoms with van der Waals surface area (Å²) in [5.74, 6) is -2.35. The third kappa shape index (κ3) is 9.49. The molecule has 13 nitrogen and oxygen atoms in total. The number of hydrogen-bond acceptors (Lipinski definition) is 10. The minimum Gasteiger partial charge on any atom is -0.493 e. The molecule has 4 aliphatic rings. The van der Waals surface area contributed by atoms with Crippen molar-refractivity contribution in [3.8, 4) is 22.9 Å². The number of halogens is 3. The molecule has 2 unspecified atom stereocenters. The van der Waals surface area contributed by atoms with Crippen LogP contribution >= 0.6 is 0 Å². The molecule has 66 heavy (non-hydrogen) atoms. The van der Waals surface area contributed by atoms with E-state index in [1.54, 1.807) is 43.0 Å². The van der Waals surface area contributed by atoms with Crippen molar-refractivity contribution in [2.75, 3.05) is 50.8 Å². The number of benzene rings is 3. The van der Waals surface area contributed by atoms with Crippen LogP contribution in [0.3, 0.4) is 0 Å². The highest BCUT2D eigenvalue weighted by atomic mass is 19.1. The van der Waals surface area contributed by atoms with E-state index in [0.717, 1.165) is 75.7 Å². The lowest BCUT2D eigenvalue weighted by atomic mass is 9.85. The highest BCUT2D eigenvalue weighted by molar-refractivity contribution is 6.05. The number of anilines is 1. The first-order chi connectivity index (χ1) is 31.8. The summed E-state index contributed by atoms with van der Waals surface area (Å²) in [7, 11) is 0. The van der Waals surface area contributed by atoms with Crippen LogP contribution in [0.1, 0.15) is 104 Å². The van der Waals surface area contributed by atoms with Crippen molar-refractivity contribution in [1.29, 1.82) is 5.26 Å². The second-order valence-electron chi connectivity index (χ2n) is 18.0. The summed E-state index contributed by atoms with van der Waals surface area (Å²) in [4.78, 5) is 66.7. The van der Waals surface area contributed by atoms with E-state index < -0.39 is 35.4 Å². The SMILES string of the molecule is C=C(C)C(=O)N1CCN(c2ncnc3c(F)c(-c4c(F)cccc4OCCCCCCCN4CCC(c5cc(F)cc6c5CN(C5CCC(=O)NC5=O)C6=O)CC4)c(C)cc23)CC1CC#N. The molecule has 16 heteroatoms. The quantitative estimate of drug-likeness (QED) is 0.0722. The molecule has 4 amide bonds. The number of fused-ring (bicyclic) bond motifs is 2. The van der Waals surface area contributed by atoms with Gasteiger partial charge >= 0.3 is 0 Å². The lowest BCUT2D eigenvalue weighted by molar-refractivity contribution is -0.137. The first-order valence-corrected chi connectivity index (χ1v) is 23.0. The van der Waals surface area contributed by atoms with Crippen molar-refractivity contribution in [1.82, 2.24) is 30.0 Å². The topological polar surface area (TPSA) is 152 Å². The number of piperidine rings is 2. The maximum absolute atomic E-state index is 16.7. The van der Waals surface area contributed by atoms with Crippen molar-refractivity contribution in [3.63, 3.8) is 0 Å². The maximum atomic E-state index is 16.7. The largest absolute Gasteiger partial charge is 0.493 e. The number of imide groups is 1. The Kier molecular flexibility index (Phi) is 14.0. The lowest BCUT2D eigenvalue weighted by Gasteiger charge is -2.41. The molecule has 4 aromatic rings. The number of unbranched alkanes of at least 4 members (excludes halogenated alkanes) is 4. The molecule has 0 saturated carbocycles. The average Bonchev–Trinajstić information content (AvgIpc) is 3.62. The molecule has 0 aliphatic carbocycles. The summed E-state index contributed by atoms with van der Waals surface area (Å²) < 4.78 is 53.3. The van der Waals surface area contributed by atoms with Crippen LogP contribution in [0.15, 0.2) is 54.9 Å². The predicted octanol–water partition coefficient (Wildman–Crippen LogP) is 7.50. The zero-order chi connectivity index (χ0) is 46.6. The number of nitrogens with one attached hydrogen (secondary N) is 1. The summed E-state index contributed by atoms with van der Waals surface area (Å²) in [6.45, 7) is 11.4. The Labute approximate surface area is 382 Å². The number of likely N-dealkylation sites (tertiary alicyclic amines) is 1. The molecule has 0 spiro atoms. The Morgan fingerprint density at radius 2 is 1.74 bits per heavy atom. The first-order valence-electron chi connectivity index (χ1n) is 23.0. The normalized spacial score (nSPS) is 19.3. The molecular formula is C50H55F3N8O5. The van der Waals surface area contributed by atoms with Crippen molar-refractivity contribution in [2.24, 2.45) is 0 Å². The molecule has 5 heterocycles. The number of carbonyl (C=O) groups excluding carboxylic acids is 4. The summed E-state index contributed by atoms with van der Waals surface area (Å²) in [6.07, 6.45) is 8.14. The molecule has 3 fully saturated rings. The number of aryl methyl sites for hydroxylation is 1. The van der Waals surface area contributed by atoms with Gasteiger partial charge in [0.2, 0.25) is 17.7 Å². The van der Waals surface area contributed by atoms with Crippen molar-refractivity contribution in [2.45, 2.75) is 103 Å². The van der Waals surface area contributed by atoms with Crippen LogP contribution < -0.4 is 15.0 Å². The van der Waals surface area contributed by atoms with Crippen molar-refractivity contribution < 1.29 is 37.1 Å². The van der Waals surface area contributed by atoms with Gasteiger partial charge < -0.3 is 24.3 Å². The number of piperazine rings is 1. The molecule has 3 aromatic carbocycles. The van der Waals surface area contributed by atoms with Crippen molar-refractivity contribution >= 4 is 40.3 Å². The van der Waals surface area contributed by atoms with E-state index in [-0.39, 0.29) is 71.8 Å². The van der Waals surface area contributed by atoms with Crippen molar-refractivity contribution in [3.05, 3.63) is 94.6 Å². The van der Waals surface area contributed by atoms with Crippen LogP contribution in [-0.2, 0) is 20.9 Å². The molecule has 1 aromatic heterocycles. The Morgan fingerprint density at radius 1 is 0.970 bits per heavy atom. The van der Waals surface area contributed by atoms with E-state index in [9.17, 15) is 28.8 Å². The van der Waals surface area contributed by atoms with Crippen LogP contribution in [0.4, 0.5) is 19.0 Å². The van der Waals surface area contributed by atoms with Gasteiger partial charge in [0, 0.05) is 54.7 Å². The van der Waals surface area contributed by atoms with Gasteiger partial charge in [-0.05, 0) is 119 Å². The van der Waals surface area contributed by atoms with E-state index in [1.807, 2.05) is 4.90 Å². The van der Waals surface area contributed by atoms with E-state index in [2.05, 4.69) is 32.8 Å².